The normalized spacial score (nSPS) is 12.8. The van der Waals surface area contributed by atoms with Gasteiger partial charge in [-0.3, -0.25) is 4.79 Å². The van der Waals surface area contributed by atoms with E-state index in [1.165, 1.54) is 0 Å². The first-order valence-corrected chi connectivity index (χ1v) is 6.10. The maximum absolute atomic E-state index is 11.9. The second-order valence-corrected chi connectivity index (χ2v) is 4.66. The number of aryl methyl sites for hydroxylation is 1. The van der Waals surface area contributed by atoms with Crippen molar-refractivity contribution in [3.05, 3.63) is 10.6 Å². The molecule has 0 aromatic carbocycles. The molecule has 0 saturated heterocycles. The Morgan fingerprint density at radius 1 is 1.56 bits per heavy atom. The summed E-state index contributed by atoms with van der Waals surface area (Å²) in [5, 5.41) is 15.8. The average Bonchev–Trinajstić information content (AvgIpc) is 2.72. The fraction of sp³-hybridized carbons (Fsp3) is 0.700. The van der Waals surface area contributed by atoms with Gasteiger partial charge in [-0.15, -0.1) is 5.10 Å². The Morgan fingerprint density at radius 2 is 2.25 bits per heavy atom. The summed E-state index contributed by atoms with van der Waals surface area (Å²) in [6.45, 7) is 5.77. The lowest BCUT2D eigenvalue weighted by Gasteiger charge is -2.19. The number of nitrogens with zero attached hydrogens (tertiary/aromatic N) is 2. The zero-order valence-corrected chi connectivity index (χ0v) is 10.5. The molecule has 0 spiro atoms. The van der Waals surface area contributed by atoms with Gasteiger partial charge in [-0.25, -0.2) is 0 Å². The molecule has 90 valence electrons. The molecule has 0 aliphatic rings. The lowest BCUT2D eigenvalue weighted by molar-refractivity contribution is 0.0900. The Bertz CT molecular complexity index is 352. The van der Waals surface area contributed by atoms with E-state index in [1.807, 2.05) is 20.8 Å². The van der Waals surface area contributed by atoms with Gasteiger partial charge < -0.3 is 10.4 Å². The van der Waals surface area contributed by atoms with E-state index in [0.29, 0.717) is 17.0 Å². The third kappa shape index (κ3) is 2.99. The van der Waals surface area contributed by atoms with E-state index in [2.05, 4.69) is 14.9 Å². The zero-order valence-electron chi connectivity index (χ0n) is 9.73. The van der Waals surface area contributed by atoms with Crippen LogP contribution < -0.4 is 5.32 Å². The Labute approximate surface area is 99.0 Å². The number of amides is 1. The van der Waals surface area contributed by atoms with Gasteiger partial charge in [-0.05, 0) is 23.9 Å². The molecule has 1 atom stereocenters. The summed E-state index contributed by atoms with van der Waals surface area (Å²) in [5.41, 5.74) is 0.711. The minimum atomic E-state index is -0.223. The van der Waals surface area contributed by atoms with Crippen molar-refractivity contribution in [3.8, 4) is 0 Å². The molecular formula is C10H17N3O2S. The van der Waals surface area contributed by atoms with Crippen LogP contribution in [0, 0.1) is 5.92 Å². The Kier molecular flexibility index (Phi) is 4.82. The molecule has 0 aliphatic carbocycles. The first-order valence-electron chi connectivity index (χ1n) is 5.33. The topological polar surface area (TPSA) is 75.1 Å². The molecule has 1 amide bonds. The van der Waals surface area contributed by atoms with Crippen molar-refractivity contribution in [1.82, 2.24) is 14.9 Å². The largest absolute Gasteiger partial charge is 0.394 e. The third-order valence-corrected chi connectivity index (χ3v) is 3.18. The van der Waals surface area contributed by atoms with Crippen LogP contribution >= 0.6 is 11.5 Å². The number of aliphatic hydroxyl groups is 1. The van der Waals surface area contributed by atoms with Crippen LogP contribution in [-0.2, 0) is 6.42 Å². The van der Waals surface area contributed by atoms with Crippen LogP contribution in [0.25, 0.3) is 0 Å². The van der Waals surface area contributed by atoms with E-state index >= 15 is 0 Å². The van der Waals surface area contributed by atoms with Crippen molar-refractivity contribution in [2.75, 3.05) is 6.61 Å². The molecule has 1 rings (SSSR count). The first-order chi connectivity index (χ1) is 7.60. The predicted octanol–water partition coefficient (Wildman–Crippen LogP) is 0.847. The number of carbonyl (C=O) groups excluding carboxylic acids is 1. The van der Waals surface area contributed by atoms with Gasteiger partial charge in [-0.1, -0.05) is 25.3 Å². The summed E-state index contributed by atoms with van der Waals surface area (Å²) in [6, 6.07) is -0.223. The molecule has 0 saturated carbocycles. The lowest BCUT2D eigenvalue weighted by atomic mass is 10.1. The van der Waals surface area contributed by atoms with Crippen molar-refractivity contribution < 1.29 is 9.90 Å². The number of nitrogens with one attached hydrogen (secondary N) is 1. The standard InChI is InChI=1S/C10H17N3O2S/c1-4-7-9(16-13-12-7)10(15)11-8(5-14)6(2)3/h6,8,14H,4-5H2,1-3H3,(H,11,15). The molecule has 0 fully saturated rings. The highest BCUT2D eigenvalue weighted by Crippen LogP contribution is 2.12. The van der Waals surface area contributed by atoms with Crippen molar-refractivity contribution in [2.45, 2.75) is 33.2 Å². The van der Waals surface area contributed by atoms with Gasteiger partial charge in [0.1, 0.15) is 4.88 Å². The van der Waals surface area contributed by atoms with Gasteiger partial charge in [0.2, 0.25) is 0 Å². The van der Waals surface area contributed by atoms with Gasteiger partial charge in [-0.2, -0.15) is 0 Å². The minimum absolute atomic E-state index is 0.0584. The molecule has 5 nitrogen and oxygen atoms in total. The van der Waals surface area contributed by atoms with Crippen LogP contribution in [0.4, 0.5) is 0 Å². The monoisotopic (exact) mass is 243 g/mol. The van der Waals surface area contributed by atoms with Crippen molar-refractivity contribution in [3.63, 3.8) is 0 Å². The highest BCUT2D eigenvalue weighted by Gasteiger charge is 2.20. The lowest BCUT2D eigenvalue weighted by Crippen LogP contribution is -2.41. The summed E-state index contributed by atoms with van der Waals surface area (Å²) in [7, 11) is 0. The van der Waals surface area contributed by atoms with Crippen LogP contribution in [0.3, 0.4) is 0 Å². The average molecular weight is 243 g/mol. The van der Waals surface area contributed by atoms with E-state index in [-0.39, 0.29) is 24.5 Å². The van der Waals surface area contributed by atoms with Gasteiger partial charge in [0.05, 0.1) is 18.3 Å². The van der Waals surface area contributed by atoms with E-state index in [1.54, 1.807) is 0 Å². The summed E-state index contributed by atoms with van der Waals surface area (Å²) in [5.74, 6) is -0.000456. The first kappa shape index (κ1) is 13.1. The van der Waals surface area contributed by atoms with E-state index in [9.17, 15) is 4.79 Å². The number of hydrogen-bond donors (Lipinski definition) is 2. The van der Waals surface area contributed by atoms with Crippen molar-refractivity contribution >= 4 is 17.4 Å². The molecule has 1 aromatic heterocycles. The summed E-state index contributed by atoms with van der Waals surface area (Å²) in [6.07, 6.45) is 0.685. The van der Waals surface area contributed by atoms with Crippen LogP contribution in [-0.4, -0.2) is 33.2 Å². The van der Waals surface area contributed by atoms with Crippen LogP contribution in [0.2, 0.25) is 0 Å². The van der Waals surface area contributed by atoms with Crippen molar-refractivity contribution in [2.24, 2.45) is 5.92 Å². The molecular weight excluding hydrogens is 226 g/mol. The molecule has 0 aliphatic heterocycles. The van der Waals surface area contributed by atoms with Gasteiger partial charge >= 0.3 is 0 Å². The molecule has 1 aromatic rings. The quantitative estimate of drug-likeness (QED) is 0.804. The Hall–Kier alpha value is -1.01. The van der Waals surface area contributed by atoms with E-state index in [4.69, 9.17) is 5.11 Å². The molecule has 1 unspecified atom stereocenters. The molecule has 6 heteroatoms. The Morgan fingerprint density at radius 3 is 2.75 bits per heavy atom. The van der Waals surface area contributed by atoms with Gasteiger partial charge in [0.15, 0.2) is 0 Å². The van der Waals surface area contributed by atoms with Gasteiger partial charge in [0, 0.05) is 0 Å². The number of rotatable bonds is 5. The third-order valence-electron chi connectivity index (χ3n) is 2.41. The maximum Gasteiger partial charge on any atom is 0.265 e. The predicted molar refractivity (Wildman–Crippen MR) is 62.5 cm³/mol. The smallest absolute Gasteiger partial charge is 0.265 e. The number of carbonyl (C=O) groups is 1. The second-order valence-electron chi connectivity index (χ2n) is 3.91. The highest BCUT2D eigenvalue weighted by atomic mass is 32.1. The van der Waals surface area contributed by atoms with Crippen LogP contribution in [0.15, 0.2) is 0 Å². The fourth-order valence-corrected chi connectivity index (χ4v) is 1.92. The Balaban J connectivity index is 2.71. The minimum Gasteiger partial charge on any atom is -0.394 e. The SMILES string of the molecule is CCc1nnsc1C(=O)NC(CO)C(C)C. The molecule has 2 N–H and O–H groups in total. The van der Waals surface area contributed by atoms with Gasteiger partial charge in [0.25, 0.3) is 5.91 Å². The molecule has 16 heavy (non-hydrogen) atoms. The summed E-state index contributed by atoms with van der Waals surface area (Å²) in [4.78, 5) is 12.4. The zero-order chi connectivity index (χ0) is 12.1. The molecule has 0 radical (unpaired) electrons. The number of hydrogen-bond acceptors (Lipinski definition) is 5. The van der Waals surface area contributed by atoms with Crippen LogP contribution in [0.5, 0.6) is 0 Å². The van der Waals surface area contributed by atoms with E-state index in [0.717, 1.165) is 11.5 Å². The van der Waals surface area contributed by atoms with Crippen molar-refractivity contribution in [1.29, 1.82) is 0 Å². The summed E-state index contributed by atoms with van der Waals surface area (Å²) >= 11 is 1.09. The number of aliphatic hydroxyl groups excluding tert-OH is 1. The summed E-state index contributed by atoms with van der Waals surface area (Å²) < 4.78 is 3.76. The maximum atomic E-state index is 11.9. The fourth-order valence-electron chi connectivity index (χ4n) is 1.27. The van der Waals surface area contributed by atoms with E-state index < -0.39 is 0 Å². The highest BCUT2D eigenvalue weighted by molar-refractivity contribution is 7.08. The second kappa shape index (κ2) is 5.91. The number of aromatic nitrogens is 2. The van der Waals surface area contributed by atoms with Crippen LogP contribution in [0.1, 0.15) is 36.1 Å². The molecule has 0 bridgehead atoms. The molecule has 1 heterocycles.